The van der Waals surface area contributed by atoms with Crippen LogP contribution in [0.5, 0.6) is 0 Å². The van der Waals surface area contributed by atoms with E-state index >= 15 is 0 Å². The first-order valence-electron chi connectivity index (χ1n) is 10.9. The normalized spacial score (nSPS) is 13.5. The second kappa shape index (κ2) is 9.69. The van der Waals surface area contributed by atoms with Crippen LogP contribution in [0, 0.1) is 5.41 Å². The highest BCUT2D eigenvalue weighted by Gasteiger charge is 2.33. The number of hydrogen-bond acceptors (Lipinski definition) is 5. The molecule has 3 N–H and O–H groups in total. The number of aliphatic carboxylic acids is 1. The largest absolute Gasteiger partial charge is 0.479 e. The monoisotopic (exact) mass is 478 g/mol. The highest BCUT2D eigenvalue weighted by molar-refractivity contribution is 7.10. The van der Waals surface area contributed by atoms with Crippen molar-refractivity contribution in [3.63, 3.8) is 0 Å². The Kier molecular flexibility index (Phi) is 6.70. The van der Waals surface area contributed by atoms with Crippen molar-refractivity contribution in [3.8, 4) is 11.1 Å². The molecule has 0 radical (unpaired) electrons. The van der Waals surface area contributed by atoms with E-state index in [2.05, 4.69) is 22.8 Å². The highest BCUT2D eigenvalue weighted by atomic mass is 32.1. The van der Waals surface area contributed by atoms with Gasteiger partial charge in [-0.3, -0.25) is 4.79 Å². The third-order valence-electron chi connectivity index (χ3n) is 5.98. The van der Waals surface area contributed by atoms with Crippen LogP contribution < -0.4 is 10.6 Å². The van der Waals surface area contributed by atoms with Crippen molar-refractivity contribution in [2.24, 2.45) is 5.41 Å². The van der Waals surface area contributed by atoms with E-state index in [1.807, 2.05) is 36.4 Å². The number of fused-ring (bicyclic) bond motifs is 3. The molecule has 1 aromatic heterocycles. The van der Waals surface area contributed by atoms with Gasteiger partial charge in [0, 0.05) is 17.3 Å². The molecule has 2 aromatic carbocycles. The van der Waals surface area contributed by atoms with E-state index in [1.165, 1.54) is 11.3 Å². The Morgan fingerprint density at radius 2 is 1.62 bits per heavy atom. The molecule has 4 rings (SSSR count). The van der Waals surface area contributed by atoms with Crippen LogP contribution in [0.3, 0.4) is 0 Å². The zero-order valence-electron chi connectivity index (χ0n) is 18.9. The van der Waals surface area contributed by atoms with Crippen LogP contribution in [-0.2, 0) is 14.3 Å². The van der Waals surface area contributed by atoms with Gasteiger partial charge in [-0.2, -0.15) is 0 Å². The molecular weight excluding hydrogens is 452 g/mol. The third-order valence-corrected chi connectivity index (χ3v) is 6.92. The summed E-state index contributed by atoms with van der Waals surface area (Å²) in [6.07, 6.45) is -0.629. The minimum atomic E-state index is -1.14. The van der Waals surface area contributed by atoms with Crippen LogP contribution in [0.25, 0.3) is 11.1 Å². The molecule has 1 aliphatic rings. The minimum absolute atomic E-state index is 0.00765. The van der Waals surface area contributed by atoms with Crippen molar-refractivity contribution in [3.05, 3.63) is 82.0 Å². The third kappa shape index (κ3) is 4.82. The molecule has 1 atom stereocenters. The Labute approximate surface area is 201 Å². The van der Waals surface area contributed by atoms with E-state index in [0.29, 0.717) is 4.88 Å². The molecule has 176 valence electrons. The number of rotatable bonds is 8. The molecule has 8 heteroatoms. The molecule has 2 amide bonds. The van der Waals surface area contributed by atoms with E-state index < -0.39 is 29.4 Å². The van der Waals surface area contributed by atoms with Crippen LogP contribution >= 0.6 is 11.3 Å². The number of nitrogens with one attached hydrogen (secondary N) is 2. The number of amides is 2. The smallest absolute Gasteiger partial charge is 0.407 e. The van der Waals surface area contributed by atoms with Crippen LogP contribution in [0.1, 0.15) is 41.8 Å². The molecule has 0 aliphatic heterocycles. The fourth-order valence-corrected chi connectivity index (χ4v) is 4.83. The Morgan fingerprint density at radius 3 is 2.18 bits per heavy atom. The van der Waals surface area contributed by atoms with Gasteiger partial charge in [-0.25, -0.2) is 9.59 Å². The molecule has 1 aliphatic carbocycles. The van der Waals surface area contributed by atoms with E-state index in [0.717, 1.165) is 22.3 Å². The molecule has 0 saturated heterocycles. The number of carbonyl (C=O) groups excluding carboxylic acids is 2. The maximum atomic E-state index is 12.8. The number of benzene rings is 2. The zero-order chi connectivity index (χ0) is 24.3. The van der Waals surface area contributed by atoms with Crippen LogP contribution in [0.2, 0.25) is 0 Å². The van der Waals surface area contributed by atoms with Crippen molar-refractivity contribution < 1.29 is 24.2 Å². The van der Waals surface area contributed by atoms with Crippen molar-refractivity contribution in [1.82, 2.24) is 10.6 Å². The average Bonchev–Trinajstić information content (AvgIpc) is 3.46. The fraction of sp³-hybridized carbons (Fsp3) is 0.269. The maximum absolute atomic E-state index is 12.8. The lowest BCUT2D eigenvalue weighted by atomic mass is 9.92. The molecule has 0 fully saturated rings. The molecule has 0 saturated carbocycles. The standard InChI is InChI=1S/C26H26N2O5S/c1-26(2,24(31)28-22(23(29)30)21-12-7-13-34-21)15-27-25(32)33-14-20-18-10-5-3-8-16(18)17-9-4-6-11-19(17)20/h3-13,20,22H,14-15H2,1-2H3,(H,27,32)(H,28,31)(H,29,30). The van der Waals surface area contributed by atoms with E-state index in [9.17, 15) is 19.5 Å². The number of ether oxygens (including phenoxy) is 1. The number of thiophene rings is 1. The number of carboxylic acid groups (broad SMARTS) is 1. The summed E-state index contributed by atoms with van der Waals surface area (Å²) in [6.45, 7) is 3.44. The Bertz CT molecular complexity index is 1160. The Balaban J connectivity index is 1.34. The molecule has 1 unspecified atom stereocenters. The van der Waals surface area contributed by atoms with Gasteiger partial charge in [-0.05, 0) is 47.5 Å². The first kappa shape index (κ1) is 23.5. The SMILES string of the molecule is CC(C)(CNC(=O)OCC1c2ccccc2-c2ccccc21)C(=O)NC(C(=O)O)c1cccs1. The summed E-state index contributed by atoms with van der Waals surface area (Å²) in [5.74, 6) is -1.68. The van der Waals surface area contributed by atoms with Crippen molar-refractivity contribution in [1.29, 1.82) is 0 Å². The number of carbonyl (C=O) groups is 3. The molecule has 0 spiro atoms. The first-order valence-corrected chi connectivity index (χ1v) is 11.8. The lowest BCUT2D eigenvalue weighted by Gasteiger charge is -2.26. The second-order valence-corrected chi connectivity index (χ2v) is 9.80. The highest BCUT2D eigenvalue weighted by Crippen LogP contribution is 2.44. The first-order chi connectivity index (χ1) is 16.3. The quantitative estimate of drug-likeness (QED) is 0.440. The summed E-state index contributed by atoms with van der Waals surface area (Å²) >= 11 is 1.25. The fourth-order valence-electron chi connectivity index (χ4n) is 4.06. The predicted molar refractivity (Wildman–Crippen MR) is 130 cm³/mol. The Hall–Kier alpha value is -3.65. The van der Waals surface area contributed by atoms with Gasteiger partial charge in [-0.1, -0.05) is 54.6 Å². The van der Waals surface area contributed by atoms with Gasteiger partial charge in [0.05, 0.1) is 5.41 Å². The number of carboxylic acids is 1. The van der Waals surface area contributed by atoms with Crippen LogP contribution in [0.15, 0.2) is 66.0 Å². The van der Waals surface area contributed by atoms with Crippen molar-refractivity contribution >= 4 is 29.3 Å². The number of alkyl carbamates (subject to hydrolysis) is 1. The summed E-state index contributed by atoms with van der Waals surface area (Å²) < 4.78 is 5.52. The lowest BCUT2D eigenvalue weighted by Crippen LogP contribution is -2.47. The van der Waals surface area contributed by atoms with E-state index in [-0.39, 0.29) is 19.1 Å². The summed E-state index contributed by atoms with van der Waals surface area (Å²) in [5.41, 5.74) is 3.47. The summed E-state index contributed by atoms with van der Waals surface area (Å²) in [5, 5.41) is 16.5. The van der Waals surface area contributed by atoms with Crippen molar-refractivity contribution in [2.75, 3.05) is 13.2 Å². The topological polar surface area (TPSA) is 105 Å². The lowest BCUT2D eigenvalue weighted by molar-refractivity contribution is -0.143. The summed E-state index contributed by atoms with van der Waals surface area (Å²) in [6, 6.07) is 18.4. The van der Waals surface area contributed by atoms with Crippen LogP contribution in [0.4, 0.5) is 4.79 Å². The Morgan fingerprint density at radius 1 is 1.00 bits per heavy atom. The number of hydrogen-bond donors (Lipinski definition) is 3. The van der Waals surface area contributed by atoms with Gasteiger partial charge in [0.15, 0.2) is 6.04 Å². The summed E-state index contributed by atoms with van der Waals surface area (Å²) in [4.78, 5) is 37.4. The molecule has 3 aromatic rings. The molecular formula is C26H26N2O5S. The molecule has 0 bridgehead atoms. The minimum Gasteiger partial charge on any atom is -0.479 e. The van der Waals surface area contributed by atoms with Crippen molar-refractivity contribution in [2.45, 2.75) is 25.8 Å². The predicted octanol–water partition coefficient (Wildman–Crippen LogP) is 4.55. The zero-order valence-corrected chi connectivity index (χ0v) is 19.7. The van der Waals surface area contributed by atoms with Gasteiger partial charge in [0.25, 0.3) is 0 Å². The van der Waals surface area contributed by atoms with Crippen LogP contribution in [-0.4, -0.2) is 36.2 Å². The van der Waals surface area contributed by atoms with E-state index in [1.54, 1.807) is 31.4 Å². The van der Waals surface area contributed by atoms with Gasteiger partial charge in [0.2, 0.25) is 5.91 Å². The van der Waals surface area contributed by atoms with Gasteiger partial charge in [0.1, 0.15) is 6.61 Å². The molecule has 34 heavy (non-hydrogen) atoms. The van der Waals surface area contributed by atoms with E-state index in [4.69, 9.17) is 4.74 Å². The molecule has 1 heterocycles. The average molecular weight is 479 g/mol. The second-order valence-electron chi connectivity index (χ2n) is 8.82. The van der Waals surface area contributed by atoms with Gasteiger partial charge >= 0.3 is 12.1 Å². The maximum Gasteiger partial charge on any atom is 0.407 e. The van der Waals surface area contributed by atoms with Gasteiger partial charge in [-0.15, -0.1) is 11.3 Å². The summed E-state index contributed by atoms with van der Waals surface area (Å²) in [7, 11) is 0. The molecule has 7 nitrogen and oxygen atoms in total. The van der Waals surface area contributed by atoms with Gasteiger partial charge < -0.3 is 20.5 Å².